The number of nitriles is 2. The van der Waals surface area contributed by atoms with Crippen molar-refractivity contribution in [3.63, 3.8) is 0 Å². The number of hydrogen-bond donors (Lipinski definition) is 0. The van der Waals surface area contributed by atoms with Crippen molar-refractivity contribution >= 4 is 88.1 Å². The molecule has 24 heteroatoms. The SMILES string of the molecule is CC#N.CC#N.CC1(C)c2cc(S(=O)(=O)[O-])cc(P(c3ccccc3)c3ccccc3)c2Oc2c(P(c3ccccc3)c3ccccc3)cc(S(=O)(=O)[O-])cc21.Cc1ccc(S(=O)(=O)[O-])cc1.Cc1ccc(S(=O)(=O)[O-])cc1.[Na+].[Na+].[Pd+2]. The summed E-state index contributed by atoms with van der Waals surface area (Å²) in [4.78, 5) is -1.20. The molecule has 9 rings (SSSR count). The number of benzene rings is 8. The van der Waals surface area contributed by atoms with Crippen molar-refractivity contribution in [1.82, 2.24) is 0 Å². The zero-order valence-electron chi connectivity index (χ0n) is 45.0. The van der Waals surface area contributed by atoms with E-state index < -0.39 is 71.5 Å². The fourth-order valence-electron chi connectivity index (χ4n) is 7.76. The van der Waals surface area contributed by atoms with E-state index in [0.29, 0.717) is 33.2 Å². The molecular weight excluding hydrogens is 1260 g/mol. The zero-order valence-corrected chi connectivity index (χ0v) is 55.6. The first-order valence-corrected chi connectivity index (χ1v) is 31.4. The number of rotatable bonds is 10. The summed E-state index contributed by atoms with van der Waals surface area (Å²) in [5.41, 5.74) is 1.53. The van der Waals surface area contributed by atoms with Crippen LogP contribution in [0.1, 0.15) is 49.9 Å². The Balaban J connectivity index is 0.000000594. The topological polar surface area (TPSA) is 286 Å². The van der Waals surface area contributed by atoms with Crippen molar-refractivity contribution < 1.29 is 136 Å². The van der Waals surface area contributed by atoms with E-state index in [1.54, 1.807) is 36.4 Å². The van der Waals surface area contributed by atoms with E-state index in [2.05, 4.69) is 0 Å². The Morgan fingerprint density at radius 3 is 0.840 bits per heavy atom. The molecule has 0 atom stereocenters. The third-order valence-corrected chi connectivity index (χ3v) is 19.6. The van der Waals surface area contributed by atoms with Crippen LogP contribution >= 0.6 is 15.8 Å². The van der Waals surface area contributed by atoms with Crippen LogP contribution in [-0.2, 0) is 66.3 Å². The second-order valence-electron chi connectivity index (χ2n) is 17.3. The Labute approximate surface area is 535 Å². The number of aryl methyl sites for hydroxylation is 2. The molecule has 412 valence electrons. The van der Waals surface area contributed by atoms with Crippen LogP contribution in [0.2, 0.25) is 0 Å². The minimum Gasteiger partial charge on any atom is -0.744 e. The fourth-order valence-corrected chi connectivity index (χ4v) is 14.8. The van der Waals surface area contributed by atoms with Gasteiger partial charge in [0.1, 0.15) is 52.0 Å². The van der Waals surface area contributed by atoms with Crippen LogP contribution in [0, 0.1) is 36.5 Å². The Morgan fingerprint density at radius 1 is 0.407 bits per heavy atom. The first kappa shape index (κ1) is 72.8. The average Bonchev–Trinajstić information content (AvgIpc) is 3.38. The predicted octanol–water partition coefficient (Wildman–Crippen LogP) is 2.31. The largest absolute Gasteiger partial charge is 2.00 e. The fraction of sp³-hybridized carbons (Fsp3) is 0.123. The van der Waals surface area contributed by atoms with Crippen molar-refractivity contribution in [2.75, 3.05) is 0 Å². The van der Waals surface area contributed by atoms with E-state index >= 15 is 0 Å². The van der Waals surface area contributed by atoms with Crippen LogP contribution in [0.3, 0.4) is 0 Å². The van der Waals surface area contributed by atoms with Crippen molar-refractivity contribution in [2.45, 2.75) is 66.5 Å². The molecule has 0 radical (unpaired) electrons. The second-order valence-corrected chi connectivity index (χ2v) is 27.2. The van der Waals surface area contributed by atoms with Crippen molar-refractivity contribution in [1.29, 1.82) is 10.5 Å². The van der Waals surface area contributed by atoms with Gasteiger partial charge in [0.2, 0.25) is 0 Å². The minimum atomic E-state index is -4.95. The molecule has 0 N–H and O–H groups in total. The minimum absolute atomic E-state index is 0. The molecule has 0 unspecified atom stereocenters. The van der Waals surface area contributed by atoms with Crippen molar-refractivity contribution in [3.05, 3.63) is 216 Å². The van der Waals surface area contributed by atoms with Gasteiger partial charge in [-0.25, -0.2) is 33.7 Å². The second kappa shape index (κ2) is 32.1. The van der Waals surface area contributed by atoms with E-state index in [1.165, 1.54) is 62.4 Å². The van der Waals surface area contributed by atoms with Crippen molar-refractivity contribution in [2.24, 2.45) is 0 Å². The van der Waals surface area contributed by atoms with Crippen LogP contribution in [-0.4, -0.2) is 51.9 Å². The summed E-state index contributed by atoms with van der Waals surface area (Å²) >= 11 is 0. The summed E-state index contributed by atoms with van der Waals surface area (Å²) in [6, 6.07) is 59.1. The van der Waals surface area contributed by atoms with Gasteiger partial charge < -0.3 is 22.9 Å². The molecule has 0 aliphatic carbocycles. The molecule has 81 heavy (non-hydrogen) atoms. The number of ether oxygens (including phenoxy) is 1. The van der Waals surface area contributed by atoms with Crippen LogP contribution < -0.4 is 95.7 Å². The Kier molecular flexibility index (Phi) is 28.9. The molecule has 8 aromatic carbocycles. The molecule has 1 aliphatic heterocycles. The monoisotopic (exact) mass is 1310 g/mol. The van der Waals surface area contributed by atoms with Crippen LogP contribution in [0.4, 0.5) is 0 Å². The summed E-state index contributed by atoms with van der Waals surface area (Å²) < 4.78 is 146. The molecule has 0 aromatic heterocycles. The Morgan fingerprint density at radius 2 is 0.630 bits per heavy atom. The van der Waals surface area contributed by atoms with Gasteiger partial charge in [-0.2, -0.15) is 10.5 Å². The van der Waals surface area contributed by atoms with Gasteiger partial charge in [0.25, 0.3) is 0 Å². The van der Waals surface area contributed by atoms with Gasteiger partial charge >= 0.3 is 79.5 Å². The van der Waals surface area contributed by atoms with E-state index in [4.69, 9.17) is 15.3 Å². The zero-order chi connectivity index (χ0) is 57.6. The summed E-state index contributed by atoms with van der Waals surface area (Å²) in [5.74, 6) is 0.785. The Hall–Kier alpha value is -4.30. The molecular formula is C57H50N2Na2O13P2PdS4. The number of nitrogens with zero attached hydrogens (tertiary/aromatic N) is 2. The summed E-state index contributed by atoms with van der Waals surface area (Å²) in [6.07, 6.45) is 0. The smallest absolute Gasteiger partial charge is 0.744 e. The van der Waals surface area contributed by atoms with E-state index in [0.717, 1.165) is 32.3 Å². The molecule has 1 heterocycles. The van der Waals surface area contributed by atoms with Gasteiger partial charge in [-0.1, -0.05) is 171 Å². The maximum absolute atomic E-state index is 12.8. The van der Waals surface area contributed by atoms with Crippen LogP contribution in [0.15, 0.2) is 214 Å². The van der Waals surface area contributed by atoms with Gasteiger partial charge in [-0.05, 0) is 99.4 Å². The van der Waals surface area contributed by atoms with E-state index in [-0.39, 0.29) is 89.3 Å². The molecule has 0 saturated carbocycles. The molecule has 15 nitrogen and oxygen atoms in total. The van der Waals surface area contributed by atoms with E-state index in [9.17, 15) is 51.9 Å². The molecule has 8 aromatic rings. The first-order valence-electron chi connectivity index (χ1n) is 23.1. The van der Waals surface area contributed by atoms with Gasteiger partial charge in [0.15, 0.2) is 0 Å². The maximum atomic E-state index is 12.8. The van der Waals surface area contributed by atoms with Crippen molar-refractivity contribution in [3.8, 4) is 23.6 Å². The number of hydrogen-bond acceptors (Lipinski definition) is 15. The normalized spacial score (nSPS) is 11.8. The van der Waals surface area contributed by atoms with E-state index in [1.807, 2.05) is 149 Å². The molecule has 0 bridgehead atoms. The molecule has 0 amide bonds. The average molecular weight is 1310 g/mol. The molecule has 1 aliphatic rings. The standard InChI is InChI=1S/C39H32O7P2S2.2C7H8O3S.2C2H3N.2Na.Pd/c1-39(2)33-23-31(49(40,41)42)25-35(47(27-15-7-3-8-16-27)28-17-9-4-10-18-28)37(33)46-38-34(39)24-32(50(43,44)45)26-36(38)48(29-19-11-5-12-20-29)30-21-13-6-14-22-30;2*1-6-2-4-7(5-3-6)11(8,9)10;2*1-2-3;;;/h3-26H,1-2H3,(H,40,41,42)(H,43,44,45);2*2-5H,1H3,(H,8,9,10);2*1H3;;;/q;;;;;2*+1;+2/p-4. The summed E-state index contributed by atoms with van der Waals surface area (Å²) in [6.45, 7) is 10.1. The number of fused-ring (bicyclic) bond motifs is 2. The predicted molar refractivity (Wildman–Crippen MR) is 299 cm³/mol. The van der Waals surface area contributed by atoms with Gasteiger partial charge in [-0.3, -0.25) is 0 Å². The maximum Gasteiger partial charge on any atom is 2.00 e. The molecule has 0 fully saturated rings. The van der Waals surface area contributed by atoms with Gasteiger partial charge in [0, 0.05) is 41.0 Å². The Bertz CT molecular complexity index is 3590. The third-order valence-electron chi connectivity index (χ3n) is 11.4. The quantitative estimate of drug-likeness (QED) is 0.108. The summed E-state index contributed by atoms with van der Waals surface area (Å²) in [7, 11) is -21.4. The van der Waals surface area contributed by atoms with Crippen LogP contribution in [0.25, 0.3) is 0 Å². The molecule has 0 spiro atoms. The summed E-state index contributed by atoms with van der Waals surface area (Å²) in [5, 5.41) is 19.3. The van der Waals surface area contributed by atoms with Gasteiger partial charge in [0.05, 0.1) is 31.7 Å². The van der Waals surface area contributed by atoms with Crippen LogP contribution in [0.5, 0.6) is 11.5 Å². The first-order chi connectivity index (χ1) is 36.7. The third kappa shape index (κ3) is 19.9. The molecule has 0 saturated heterocycles. The van der Waals surface area contributed by atoms with Gasteiger partial charge in [-0.15, -0.1) is 0 Å².